The van der Waals surface area contributed by atoms with Gasteiger partial charge in [-0.1, -0.05) is 43.1 Å². The van der Waals surface area contributed by atoms with E-state index in [2.05, 4.69) is 10.3 Å². The maximum atomic E-state index is 13.7. The van der Waals surface area contributed by atoms with Crippen molar-refractivity contribution in [3.8, 4) is 0 Å². The summed E-state index contributed by atoms with van der Waals surface area (Å²) in [7, 11) is 0. The quantitative estimate of drug-likeness (QED) is 0.356. The molecule has 1 unspecified atom stereocenters. The van der Waals surface area contributed by atoms with Crippen molar-refractivity contribution in [3.63, 3.8) is 0 Å². The Hall–Kier alpha value is -2.74. The lowest BCUT2D eigenvalue weighted by Crippen LogP contribution is -2.40. The minimum absolute atomic E-state index is 0.00321. The van der Waals surface area contributed by atoms with Crippen LogP contribution in [-0.2, 0) is 0 Å². The van der Waals surface area contributed by atoms with E-state index in [-0.39, 0.29) is 24.0 Å². The minimum Gasteiger partial charge on any atom is -0.396 e. The number of aliphatic hydroxyl groups is 1. The predicted octanol–water partition coefficient (Wildman–Crippen LogP) is 4.09. The molecular weight excluding hydrogens is 452 g/mol. The molecule has 182 valence electrons. The van der Waals surface area contributed by atoms with Crippen molar-refractivity contribution < 1.29 is 9.90 Å². The van der Waals surface area contributed by atoms with Gasteiger partial charge in [0.25, 0.3) is 11.5 Å². The molecule has 0 aliphatic rings. The van der Waals surface area contributed by atoms with E-state index < -0.39 is 6.04 Å². The molecule has 0 aliphatic heterocycles. The number of aromatic amines is 1. The summed E-state index contributed by atoms with van der Waals surface area (Å²) in [6.07, 6.45) is 1.40. The van der Waals surface area contributed by atoms with E-state index in [0.717, 1.165) is 18.5 Å². The molecule has 34 heavy (non-hydrogen) atoms. The Balaban J connectivity index is 1.97. The maximum Gasteiger partial charge on any atom is 0.258 e. The fourth-order valence-electron chi connectivity index (χ4n) is 4.03. The summed E-state index contributed by atoms with van der Waals surface area (Å²) < 4.78 is 0. The molecule has 1 aromatic heterocycles. The zero-order chi connectivity index (χ0) is 24.7. The third kappa shape index (κ3) is 6.44. The molecule has 1 amide bonds. The number of aryl methyl sites for hydroxylation is 1. The summed E-state index contributed by atoms with van der Waals surface area (Å²) in [5, 5.41) is 13.2. The second-order valence-electron chi connectivity index (χ2n) is 8.85. The number of halogens is 1. The fourth-order valence-corrected chi connectivity index (χ4v) is 4.19. The fraction of sp³-hybridized carbons (Fsp3) is 0.423. The van der Waals surface area contributed by atoms with Crippen molar-refractivity contribution in [3.05, 3.63) is 74.8 Å². The minimum atomic E-state index is -0.428. The molecule has 0 radical (unpaired) electrons. The first-order chi connectivity index (χ1) is 16.3. The Morgan fingerprint density at radius 1 is 1.15 bits per heavy atom. The van der Waals surface area contributed by atoms with E-state index in [1.807, 2.05) is 45.0 Å². The van der Waals surface area contributed by atoms with E-state index in [4.69, 9.17) is 21.7 Å². The second-order valence-corrected chi connectivity index (χ2v) is 9.28. The number of benzene rings is 2. The molecule has 2 aromatic carbocycles. The van der Waals surface area contributed by atoms with Crippen molar-refractivity contribution in [2.24, 2.45) is 5.92 Å². The molecule has 0 bridgehead atoms. The van der Waals surface area contributed by atoms with Gasteiger partial charge in [0.1, 0.15) is 5.82 Å². The van der Waals surface area contributed by atoms with Crippen molar-refractivity contribution in [1.29, 1.82) is 0 Å². The van der Waals surface area contributed by atoms with Crippen LogP contribution >= 0.6 is 11.6 Å². The number of carbonyl (C=O) groups is 1. The first-order valence-corrected chi connectivity index (χ1v) is 12.1. The molecule has 1 heterocycles. The van der Waals surface area contributed by atoms with Crippen LogP contribution in [0.3, 0.4) is 0 Å². The van der Waals surface area contributed by atoms with E-state index in [9.17, 15) is 9.59 Å². The average molecular weight is 485 g/mol. The summed E-state index contributed by atoms with van der Waals surface area (Å²) in [5.74, 6) is 0.336. The molecular formula is C26H33ClN4O3. The Morgan fingerprint density at radius 2 is 1.85 bits per heavy atom. The van der Waals surface area contributed by atoms with Crippen LogP contribution < -0.4 is 10.9 Å². The van der Waals surface area contributed by atoms with Gasteiger partial charge >= 0.3 is 0 Å². The SMILES string of the molecule is Cc1ccc(C(=O)N(CCCNCCCO)C(c2nc3cc(Cl)ccc3c(=O)[nH]2)C(C)C)cc1. The van der Waals surface area contributed by atoms with E-state index in [1.165, 1.54) is 0 Å². The monoisotopic (exact) mass is 484 g/mol. The average Bonchev–Trinajstić information content (AvgIpc) is 2.80. The van der Waals surface area contributed by atoms with Gasteiger partial charge in [0.05, 0.1) is 16.9 Å². The second kappa shape index (κ2) is 12.1. The molecule has 3 aromatic rings. The third-order valence-corrected chi connectivity index (χ3v) is 5.99. The van der Waals surface area contributed by atoms with E-state index >= 15 is 0 Å². The summed E-state index contributed by atoms with van der Waals surface area (Å²) >= 11 is 6.15. The van der Waals surface area contributed by atoms with Crippen molar-refractivity contribution in [2.45, 2.75) is 39.7 Å². The number of hydrogen-bond donors (Lipinski definition) is 3. The van der Waals surface area contributed by atoms with E-state index in [0.29, 0.717) is 46.8 Å². The Bertz CT molecular complexity index is 1160. The lowest BCUT2D eigenvalue weighted by Gasteiger charge is -2.34. The molecule has 0 spiro atoms. The Kier molecular flexibility index (Phi) is 9.21. The number of aromatic nitrogens is 2. The number of aliphatic hydroxyl groups excluding tert-OH is 1. The maximum absolute atomic E-state index is 13.7. The van der Waals surface area contributed by atoms with Crippen LogP contribution in [0, 0.1) is 12.8 Å². The summed E-state index contributed by atoms with van der Waals surface area (Å²) in [5.41, 5.74) is 1.92. The highest BCUT2D eigenvalue weighted by atomic mass is 35.5. The smallest absolute Gasteiger partial charge is 0.258 e. The van der Waals surface area contributed by atoms with Crippen LogP contribution in [0.4, 0.5) is 0 Å². The number of nitrogens with one attached hydrogen (secondary N) is 2. The predicted molar refractivity (Wildman–Crippen MR) is 136 cm³/mol. The molecule has 7 nitrogen and oxygen atoms in total. The zero-order valence-electron chi connectivity index (χ0n) is 20.0. The van der Waals surface area contributed by atoms with Crippen molar-refractivity contribution >= 4 is 28.4 Å². The molecule has 0 saturated carbocycles. The summed E-state index contributed by atoms with van der Waals surface area (Å²) in [6.45, 7) is 8.07. The highest BCUT2D eigenvalue weighted by Crippen LogP contribution is 2.29. The third-order valence-electron chi connectivity index (χ3n) is 5.76. The topological polar surface area (TPSA) is 98.3 Å². The number of fused-ring (bicyclic) bond motifs is 1. The number of H-pyrrole nitrogens is 1. The van der Waals surface area contributed by atoms with Gasteiger partial charge in [0.2, 0.25) is 0 Å². The summed E-state index contributed by atoms with van der Waals surface area (Å²) in [6, 6.07) is 12.1. The van der Waals surface area contributed by atoms with Gasteiger partial charge in [-0.25, -0.2) is 4.98 Å². The highest BCUT2D eigenvalue weighted by Gasteiger charge is 2.30. The number of amides is 1. The van der Waals surface area contributed by atoms with Gasteiger partial charge in [-0.3, -0.25) is 9.59 Å². The lowest BCUT2D eigenvalue weighted by atomic mass is 9.99. The molecule has 1 atom stereocenters. The van der Waals surface area contributed by atoms with Gasteiger partial charge in [-0.15, -0.1) is 0 Å². The Labute approximate surface area is 205 Å². The van der Waals surface area contributed by atoms with Crippen LogP contribution in [0.5, 0.6) is 0 Å². The van der Waals surface area contributed by atoms with Crippen LogP contribution in [0.25, 0.3) is 10.9 Å². The van der Waals surface area contributed by atoms with Crippen LogP contribution in [0.1, 0.15) is 54.5 Å². The molecule has 3 rings (SSSR count). The Morgan fingerprint density at radius 3 is 2.53 bits per heavy atom. The number of rotatable bonds is 11. The summed E-state index contributed by atoms with van der Waals surface area (Å²) in [4.78, 5) is 35.9. The van der Waals surface area contributed by atoms with Gasteiger partial charge in [-0.2, -0.15) is 0 Å². The molecule has 0 saturated heterocycles. The lowest BCUT2D eigenvalue weighted by molar-refractivity contribution is 0.0607. The van der Waals surface area contributed by atoms with Crippen LogP contribution in [0.15, 0.2) is 47.3 Å². The van der Waals surface area contributed by atoms with Crippen LogP contribution in [0.2, 0.25) is 5.02 Å². The normalized spacial score (nSPS) is 12.3. The molecule has 0 aliphatic carbocycles. The largest absolute Gasteiger partial charge is 0.396 e. The van der Waals surface area contributed by atoms with Gasteiger partial charge in [0, 0.05) is 23.7 Å². The molecule has 3 N–H and O–H groups in total. The van der Waals surface area contributed by atoms with Crippen LogP contribution in [-0.4, -0.2) is 52.1 Å². The van der Waals surface area contributed by atoms with Crippen molar-refractivity contribution in [2.75, 3.05) is 26.2 Å². The standard InChI is InChI=1S/C26H33ClN4O3/c1-17(2)23(24-29-22-16-20(27)10-11-21(22)25(33)30-24)31(14-4-12-28-13-5-15-32)26(34)19-8-6-18(3)7-9-19/h6-11,16-17,23,28,32H,4-5,12-15H2,1-3H3,(H,29,30,33). The first-order valence-electron chi connectivity index (χ1n) is 11.7. The number of hydrogen-bond acceptors (Lipinski definition) is 5. The van der Waals surface area contributed by atoms with Crippen molar-refractivity contribution in [1.82, 2.24) is 20.2 Å². The number of nitrogens with zero attached hydrogens (tertiary/aromatic N) is 2. The molecule has 8 heteroatoms. The number of carbonyl (C=O) groups excluding carboxylic acids is 1. The van der Waals surface area contributed by atoms with Gasteiger partial charge in [-0.05, 0) is 69.1 Å². The zero-order valence-corrected chi connectivity index (χ0v) is 20.7. The van der Waals surface area contributed by atoms with E-state index in [1.54, 1.807) is 23.1 Å². The molecule has 0 fully saturated rings. The van der Waals surface area contributed by atoms with Gasteiger partial charge < -0.3 is 20.3 Å². The van der Waals surface area contributed by atoms with Gasteiger partial charge in [0.15, 0.2) is 0 Å². The first kappa shape index (κ1) is 25.9. The highest BCUT2D eigenvalue weighted by molar-refractivity contribution is 6.31.